The second-order valence-electron chi connectivity index (χ2n) is 5.23. The molecule has 2 bridgehead atoms. The summed E-state index contributed by atoms with van der Waals surface area (Å²) in [5.74, 6) is 6.59. The summed E-state index contributed by atoms with van der Waals surface area (Å²) in [6.07, 6.45) is 2.15. The Bertz CT molecular complexity index is 493. The Kier molecular flexibility index (Phi) is 3.19. The van der Waals surface area contributed by atoms with Crippen LogP contribution in [0.3, 0.4) is 0 Å². The van der Waals surface area contributed by atoms with E-state index < -0.39 is 5.60 Å². The first-order chi connectivity index (χ1) is 8.66. The number of aliphatic hydroxyl groups is 1. The lowest BCUT2D eigenvalue weighted by atomic mass is 9.76. The molecule has 3 heteroatoms. The summed E-state index contributed by atoms with van der Waals surface area (Å²) in [6, 6.07) is 7.90. The Hall–Kier alpha value is -0.820. The molecule has 0 spiro atoms. The minimum atomic E-state index is -0.802. The summed E-state index contributed by atoms with van der Waals surface area (Å²) < 4.78 is 1.05. The molecular weight excluding hydrogens is 290 g/mol. The fourth-order valence-corrected chi connectivity index (χ4v) is 3.16. The van der Waals surface area contributed by atoms with Gasteiger partial charge in [-0.1, -0.05) is 27.8 Å². The SMILES string of the molecule is OC1(C#Cc2ccc(Br)cc2)CN2CCC1CC2. The van der Waals surface area contributed by atoms with Gasteiger partial charge in [0.05, 0.1) is 0 Å². The Morgan fingerprint density at radius 3 is 2.44 bits per heavy atom. The molecule has 2 nitrogen and oxygen atoms in total. The molecule has 18 heavy (non-hydrogen) atoms. The van der Waals surface area contributed by atoms with Gasteiger partial charge in [0.2, 0.25) is 0 Å². The van der Waals surface area contributed by atoms with E-state index >= 15 is 0 Å². The number of piperidine rings is 3. The van der Waals surface area contributed by atoms with Gasteiger partial charge in [0.1, 0.15) is 5.60 Å². The van der Waals surface area contributed by atoms with Crippen molar-refractivity contribution < 1.29 is 5.11 Å². The summed E-state index contributed by atoms with van der Waals surface area (Å²) >= 11 is 3.41. The Balaban J connectivity index is 1.82. The third-order valence-corrected chi connectivity index (χ3v) is 4.52. The molecule has 1 aromatic carbocycles. The molecule has 1 atom stereocenters. The zero-order valence-electron chi connectivity index (χ0n) is 10.2. The monoisotopic (exact) mass is 305 g/mol. The molecule has 3 fully saturated rings. The summed E-state index contributed by atoms with van der Waals surface area (Å²) in [6.45, 7) is 2.95. The minimum absolute atomic E-state index is 0.352. The van der Waals surface area contributed by atoms with Gasteiger partial charge in [0, 0.05) is 22.5 Å². The number of hydrogen-bond acceptors (Lipinski definition) is 2. The van der Waals surface area contributed by atoms with Crippen molar-refractivity contribution in [1.82, 2.24) is 4.90 Å². The summed E-state index contributed by atoms with van der Waals surface area (Å²) in [7, 11) is 0. The van der Waals surface area contributed by atoms with Crippen molar-refractivity contribution in [2.24, 2.45) is 5.92 Å². The number of benzene rings is 1. The van der Waals surface area contributed by atoms with Crippen molar-refractivity contribution in [1.29, 1.82) is 0 Å². The van der Waals surface area contributed by atoms with E-state index in [0.717, 1.165) is 36.0 Å². The third-order valence-electron chi connectivity index (χ3n) is 4.00. The number of hydrogen-bond donors (Lipinski definition) is 1. The van der Waals surface area contributed by atoms with Gasteiger partial charge in [0.25, 0.3) is 0 Å². The highest BCUT2D eigenvalue weighted by molar-refractivity contribution is 9.10. The first-order valence-corrected chi connectivity index (χ1v) is 7.18. The third kappa shape index (κ3) is 2.33. The molecule has 4 rings (SSSR count). The maximum absolute atomic E-state index is 10.7. The number of nitrogens with zero attached hydrogens (tertiary/aromatic N) is 1. The molecule has 1 aromatic rings. The summed E-state index contributed by atoms with van der Waals surface area (Å²) in [5, 5.41) is 10.7. The average Bonchev–Trinajstić information content (AvgIpc) is 2.39. The van der Waals surface area contributed by atoms with Gasteiger partial charge < -0.3 is 5.11 Å². The van der Waals surface area contributed by atoms with Crippen molar-refractivity contribution in [3.8, 4) is 11.8 Å². The van der Waals surface area contributed by atoms with E-state index in [1.165, 1.54) is 0 Å². The highest BCUT2D eigenvalue weighted by Crippen LogP contribution is 2.35. The molecule has 3 aliphatic rings. The van der Waals surface area contributed by atoms with Gasteiger partial charge in [-0.25, -0.2) is 0 Å². The van der Waals surface area contributed by atoms with E-state index in [0.29, 0.717) is 12.5 Å². The fraction of sp³-hybridized carbons (Fsp3) is 0.467. The van der Waals surface area contributed by atoms with Crippen molar-refractivity contribution >= 4 is 15.9 Å². The van der Waals surface area contributed by atoms with Gasteiger partial charge in [-0.15, -0.1) is 0 Å². The van der Waals surface area contributed by atoms with Crippen LogP contribution in [0.2, 0.25) is 0 Å². The fourth-order valence-electron chi connectivity index (χ4n) is 2.89. The molecule has 3 saturated heterocycles. The normalized spacial score (nSPS) is 33.9. The zero-order chi connectivity index (χ0) is 12.6. The van der Waals surface area contributed by atoms with Gasteiger partial charge >= 0.3 is 0 Å². The smallest absolute Gasteiger partial charge is 0.141 e. The van der Waals surface area contributed by atoms with Crippen molar-refractivity contribution in [3.63, 3.8) is 0 Å². The van der Waals surface area contributed by atoms with Crippen LogP contribution in [0.25, 0.3) is 0 Å². The van der Waals surface area contributed by atoms with Crippen LogP contribution >= 0.6 is 15.9 Å². The van der Waals surface area contributed by atoms with Crippen LogP contribution in [0.1, 0.15) is 18.4 Å². The van der Waals surface area contributed by atoms with Crippen molar-refractivity contribution in [2.45, 2.75) is 18.4 Å². The van der Waals surface area contributed by atoms with E-state index in [2.05, 4.69) is 32.7 Å². The van der Waals surface area contributed by atoms with Crippen LogP contribution in [0.4, 0.5) is 0 Å². The van der Waals surface area contributed by atoms with Gasteiger partial charge in [-0.2, -0.15) is 0 Å². The van der Waals surface area contributed by atoms with Crippen LogP contribution < -0.4 is 0 Å². The highest BCUT2D eigenvalue weighted by Gasteiger charge is 2.44. The van der Waals surface area contributed by atoms with Crippen LogP contribution in [0.5, 0.6) is 0 Å². The molecule has 0 radical (unpaired) electrons. The molecular formula is C15H16BrNO. The Labute approximate surface area is 116 Å². The van der Waals surface area contributed by atoms with E-state index in [-0.39, 0.29) is 0 Å². The largest absolute Gasteiger partial charge is 0.376 e. The number of halogens is 1. The van der Waals surface area contributed by atoms with E-state index in [4.69, 9.17) is 0 Å². The van der Waals surface area contributed by atoms with Crippen LogP contribution in [-0.4, -0.2) is 35.2 Å². The summed E-state index contributed by atoms with van der Waals surface area (Å²) in [4.78, 5) is 2.32. The molecule has 0 amide bonds. The molecule has 1 N–H and O–H groups in total. The Morgan fingerprint density at radius 1 is 1.22 bits per heavy atom. The van der Waals surface area contributed by atoms with Gasteiger partial charge in [0.15, 0.2) is 0 Å². The predicted molar refractivity (Wildman–Crippen MR) is 75.1 cm³/mol. The highest BCUT2D eigenvalue weighted by atomic mass is 79.9. The lowest BCUT2D eigenvalue weighted by Gasteiger charge is -2.47. The minimum Gasteiger partial charge on any atom is -0.376 e. The Morgan fingerprint density at radius 2 is 1.89 bits per heavy atom. The van der Waals surface area contributed by atoms with Crippen molar-refractivity contribution in [3.05, 3.63) is 34.3 Å². The molecule has 0 aromatic heterocycles. The van der Waals surface area contributed by atoms with Gasteiger partial charge in [-0.05, 0) is 50.2 Å². The lowest BCUT2D eigenvalue weighted by Crippen LogP contribution is -2.58. The maximum Gasteiger partial charge on any atom is 0.141 e. The number of fused-ring (bicyclic) bond motifs is 3. The predicted octanol–water partition coefficient (Wildman–Crippen LogP) is 2.26. The topological polar surface area (TPSA) is 23.5 Å². The van der Waals surface area contributed by atoms with E-state index in [1.807, 2.05) is 24.3 Å². The zero-order valence-corrected chi connectivity index (χ0v) is 11.8. The molecule has 1 unspecified atom stereocenters. The lowest BCUT2D eigenvalue weighted by molar-refractivity contribution is -0.0713. The number of rotatable bonds is 0. The average molecular weight is 306 g/mol. The second-order valence-corrected chi connectivity index (χ2v) is 6.15. The van der Waals surface area contributed by atoms with Gasteiger partial charge in [-0.3, -0.25) is 4.90 Å². The summed E-state index contributed by atoms with van der Waals surface area (Å²) in [5.41, 5.74) is 0.159. The first-order valence-electron chi connectivity index (χ1n) is 6.39. The van der Waals surface area contributed by atoms with E-state index in [9.17, 15) is 5.11 Å². The van der Waals surface area contributed by atoms with E-state index in [1.54, 1.807) is 0 Å². The standard InChI is InChI=1S/C15H16BrNO/c16-14-3-1-12(2-4-14)5-8-15(18)11-17-9-6-13(15)7-10-17/h1-4,13,18H,6-7,9-11H2. The maximum atomic E-state index is 10.7. The first kappa shape index (κ1) is 12.2. The van der Waals surface area contributed by atoms with Crippen LogP contribution in [0, 0.1) is 17.8 Å². The molecule has 3 aliphatic heterocycles. The molecule has 94 valence electrons. The molecule has 0 saturated carbocycles. The van der Waals surface area contributed by atoms with Crippen LogP contribution in [-0.2, 0) is 0 Å². The quantitative estimate of drug-likeness (QED) is 0.743. The van der Waals surface area contributed by atoms with Crippen LogP contribution in [0.15, 0.2) is 28.7 Å². The molecule has 0 aliphatic carbocycles. The van der Waals surface area contributed by atoms with Crippen molar-refractivity contribution in [2.75, 3.05) is 19.6 Å². The second kappa shape index (κ2) is 4.70. The molecule has 3 heterocycles.